The topological polar surface area (TPSA) is 29.3 Å². The van der Waals surface area contributed by atoms with Crippen LogP contribution in [0.5, 0.6) is 0 Å². The zero-order valence-corrected chi connectivity index (χ0v) is 9.61. The smallest absolute Gasteiger partial charge is 0.297 e. The molecule has 0 aliphatic rings. The Morgan fingerprint density at radius 2 is 2.00 bits per heavy atom. The third kappa shape index (κ3) is 1.82. The summed E-state index contributed by atoms with van der Waals surface area (Å²) in [6.45, 7) is 4.35. The van der Waals surface area contributed by atoms with Crippen LogP contribution in [0.3, 0.4) is 0 Å². The quantitative estimate of drug-likeness (QED) is 0.753. The van der Waals surface area contributed by atoms with Gasteiger partial charge in [-0.3, -0.25) is 0 Å². The minimum atomic E-state index is 0.522. The predicted octanol–water partition coefficient (Wildman–Crippen LogP) is 3.02. The molecule has 3 nitrogen and oxygen atoms in total. The molecule has 1 aromatic carbocycles. The van der Waals surface area contributed by atoms with Crippen LogP contribution >= 0.6 is 0 Å². The van der Waals surface area contributed by atoms with E-state index in [1.165, 1.54) is 5.56 Å². The lowest BCUT2D eigenvalue weighted by Crippen LogP contribution is -2.08. The predicted molar refractivity (Wildman–Crippen MR) is 62.4 cm³/mol. The number of anilines is 1. The summed E-state index contributed by atoms with van der Waals surface area (Å²) in [5.41, 5.74) is 3.08. The minimum absolute atomic E-state index is 0.522. The van der Waals surface area contributed by atoms with E-state index in [1.807, 2.05) is 25.1 Å². The van der Waals surface area contributed by atoms with Crippen LogP contribution < -0.4 is 4.90 Å². The van der Waals surface area contributed by atoms with Crippen LogP contribution in [-0.4, -0.2) is 19.1 Å². The Morgan fingerprint density at radius 3 is 2.60 bits per heavy atom. The van der Waals surface area contributed by atoms with Gasteiger partial charge in [0, 0.05) is 14.1 Å². The number of rotatable bonds is 2. The molecule has 0 aliphatic carbocycles. The largest absolute Gasteiger partial charge is 0.423 e. The van der Waals surface area contributed by atoms with Gasteiger partial charge in [0.05, 0.1) is 0 Å². The van der Waals surface area contributed by atoms with Crippen molar-refractivity contribution in [3.63, 3.8) is 0 Å². The van der Waals surface area contributed by atoms with Crippen molar-refractivity contribution in [2.45, 2.75) is 19.8 Å². The number of hydrogen-bond acceptors (Lipinski definition) is 3. The molecule has 0 bridgehead atoms. The minimum Gasteiger partial charge on any atom is -0.423 e. The summed E-state index contributed by atoms with van der Waals surface area (Å²) in [5.74, 6) is 0.522. The number of fused-ring (bicyclic) bond motifs is 1. The summed E-state index contributed by atoms with van der Waals surface area (Å²) in [7, 11) is 3.85. The third-order valence-electron chi connectivity index (χ3n) is 2.45. The molecule has 2 aromatic rings. The lowest BCUT2D eigenvalue weighted by molar-refractivity contribution is 0.596. The molecule has 0 N–H and O–H groups in total. The highest BCUT2D eigenvalue weighted by Crippen LogP contribution is 2.24. The summed E-state index contributed by atoms with van der Waals surface area (Å²) in [6.07, 6.45) is 0. The van der Waals surface area contributed by atoms with E-state index in [9.17, 15) is 0 Å². The Kier molecular flexibility index (Phi) is 2.39. The van der Waals surface area contributed by atoms with E-state index < -0.39 is 0 Å². The van der Waals surface area contributed by atoms with Crippen LogP contribution in [0.2, 0.25) is 0 Å². The highest BCUT2D eigenvalue weighted by Gasteiger charge is 2.08. The van der Waals surface area contributed by atoms with Gasteiger partial charge in [0.1, 0.15) is 5.52 Å². The SMILES string of the molecule is CC(C)c1ccc2oc(N(C)C)nc2c1. The van der Waals surface area contributed by atoms with Crippen LogP contribution in [0.25, 0.3) is 11.1 Å². The molecule has 0 spiro atoms. The van der Waals surface area contributed by atoms with E-state index in [4.69, 9.17) is 4.42 Å². The van der Waals surface area contributed by atoms with Gasteiger partial charge in [-0.2, -0.15) is 4.98 Å². The normalized spacial score (nSPS) is 11.3. The van der Waals surface area contributed by atoms with Gasteiger partial charge in [-0.15, -0.1) is 0 Å². The van der Waals surface area contributed by atoms with Crippen LogP contribution in [0.15, 0.2) is 22.6 Å². The molecule has 0 fully saturated rings. The molecule has 80 valence electrons. The molecular formula is C12H16N2O. The van der Waals surface area contributed by atoms with Crippen molar-refractivity contribution in [1.82, 2.24) is 4.98 Å². The van der Waals surface area contributed by atoms with Gasteiger partial charge in [-0.25, -0.2) is 0 Å². The maximum absolute atomic E-state index is 5.58. The number of hydrogen-bond donors (Lipinski definition) is 0. The lowest BCUT2D eigenvalue weighted by atomic mass is 10.0. The second kappa shape index (κ2) is 3.57. The first-order valence-electron chi connectivity index (χ1n) is 5.15. The first-order valence-corrected chi connectivity index (χ1v) is 5.15. The lowest BCUT2D eigenvalue weighted by Gasteiger charge is -2.03. The summed E-state index contributed by atoms with van der Waals surface area (Å²) in [5, 5.41) is 0. The molecule has 0 saturated carbocycles. The van der Waals surface area contributed by atoms with Gasteiger partial charge < -0.3 is 9.32 Å². The molecule has 0 saturated heterocycles. The standard InChI is InChI=1S/C12H16N2O/c1-8(2)9-5-6-11-10(7-9)13-12(15-11)14(3)4/h5-8H,1-4H3. The molecule has 15 heavy (non-hydrogen) atoms. The molecule has 0 amide bonds. The highest BCUT2D eigenvalue weighted by molar-refractivity contribution is 5.75. The fourth-order valence-electron chi connectivity index (χ4n) is 1.48. The fourth-order valence-corrected chi connectivity index (χ4v) is 1.48. The zero-order chi connectivity index (χ0) is 11.0. The van der Waals surface area contributed by atoms with Gasteiger partial charge in [0.2, 0.25) is 0 Å². The number of aromatic nitrogens is 1. The van der Waals surface area contributed by atoms with Gasteiger partial charge in [0.25, 0.3) is 6.01 Å². The van der Waals surface area contributed by atoms with Crippen LogP contribution in [0, 0.1) is 0 Å². The first-order chi connectivity index (χ1) is 7.08. The molecule has 0 radical (unpaired) electrons. The van der Waals surface area contributed by atoms with Crippen LogP contribution in [0.1, 0.15) is 25.3 Å². The number of oxazole rings is 1. The molecule has 0 unspecified atom stereocenters. The van der Waals surface area contributed by atoms with Crippen molar-refractivity contribution in [2.75, 3.05) is 19.0 Å². The van der Waals surface area contributed by atoms with Crippen molar-refractivity contribution in [1.29, 1.82) is 0 Å². The van der Waals surface area contributed by atoms with E-state index in [-0.39, 0.29) is 0 Å². The van der Waals surface area contributed by atoms with Gasteiger partial charge >= 0.3 is 0 Å². The monoisotopic (exact) mass is 204 g/mol. The van der Waals surface area contributed by atoms with Crippen molar-refractivity contribution < 1.29 is 4.42 Å². The number of benzene rings is 1. The molecule has 0 aliphatic heterocycles. The first kappa shape index (κ1) is 10.0. The summed E-state index contributed by atoms with van der Waals surface area (Å²) >= 11 is 0. The third-order valence-corrected chi connectivity index (χ3v) is 2.45. The summed E-state index contributed by atoms with van der Waals surface area (Å²) < 4.78 is 5.58. The van der Waals surface area contributed by atoms with Gasteiger partial charge in [-0.1, -0.05) is 19.9 Å². The van der Waals surface area contributed by atoms with E-state index in [0.717, 1.165) is 11.1 Å². The zero-order valence-electron chi connectivity index (χ0n) is 9.61. The Bertz CT molecular complexity index is 465. The summed E-state index contributed by atoms with van der Waals surface area (Å²) in [4.78, 5) is 6.28. The van der Waals surface area contributed by atoms with Crippen molar-refractivity contribution in [2.24, 2.45) is 0 Å². The number of nitrogens with zero attached hydrogens (tertiary/aromatic N) is 2. The maximum atomic E-state index is 5.58. The molecule has 3 heteroatoms. The Morgan fingerprint density at radius 1 is 1.27 bits per heavy atom. The molecular weight excluding hydrogens is 188 g/mol. The average molecular weight is 204 g/mol. The average Bonchev–Trinajstić information content (AvgIpc) is 2.59. The molecule has 1 heterocycles. The van der Waals surface area contributed by atoms with Gasteiger partial charge in [0.15, 0.2) is 5.58 Å². The Labute approximate surface area is 89.7 Å². The highest BCUT2D eigenvalue weighted by atomic mass is 16.4. The molecule has 2 rings (SSSR count). The summed E-state index contributed by atoms with van der Waals surface area (Å²) in [6, 6.07) is 6.84. The maximum Gasteiger partial charge on any atom is 0.297 e. The second-order valence-electron chi connectivity index (χ2n) is 4.27. The van der Waals surface area contributed by atoms with Crippen molar-refractivity contribution in [3.05, 3.63) is 23.8 Å². The Hall–Kier alpha value is -1.51. The second-order valence-corrected chi connectivity index (χ2v) is 4.27. The van der Waals surface area contributed by atoms with E-state index in [1.54, 1.807) is 0 Å². The van der Waals surface area contributed by atoms with Crippen LogP contribution in [0.4, 0.5) is 6.01 Å². The fraction of sp³-hybridized carbons (Fsp3) is 0.417. The van der Waals surface area contributed by atoms with Crippen molar-refractivity contribution in [3.8, 4) is 0 Å². The van der Waals surface area contributed by atoms with Gasteiger partial charge in [-0.05, 0) is 23.6 Å². The van der Waals surface area contributed by atoms with E-state index >= 15 is 0 Å². The Balaban J connectivity index is 2.52. The molecule has 0 atom stereocenters. The van der Waals surface area contributed by atoms with E-state index in [2.05, 4.69) is 31.0 Å². The van der Waals surface area contributed by atoms with Crippen molar-refractivity contribution >= 4 is 17.1 Å². The van der Waals surface area contributed by atoms with E-state index in [0.29, 0.717) is 11.9 Å². The molecule has 1 aromatic heterocycles. The van der Waals surface area contributed by atoms with Crippen LogP contribution in [-0.2, 0) is 0 Å².